The second kappa shape index (κ2) is 5.94. The molecule has 0 atom stereocenters. The van der Waals surface area contributed by atoms with E-state index < -0.39 is 10.0 Å². The molecule has 1 aliphatic heterocycles. The number of para-hydroxylation sites is 1. The number of nitrogens with one attached hydrogen (secondary N) is 1. The third-order valence-corrected chi connectivity index (χ3v) is 6.28. The van der Waals surface area contributed by atoms with E-state index in [4.69, 9.17) is 0 Å². The monoisotopic (exact) mass is 309 g/mol. The van der Waals surface area contributed by atoms with Crippen LogP contribution in [0.25, 0.3) is 0 Å². The molecule has 1 saturated heterocycles. The highest BCUT2D eigenvalue weighted by Gasteiger charge is 2.32. The summed E-state index contributed by atoms with van der Waals surface area (Å²) in [5.74, 6) is 0.859. The van der Waals surface area contributed by atoms with Gasteiger partial charge in [-0.3, -0.25) is 0 Å². The van der Waals surface area contributed by atoms with Crippen molar-refractivity contribution >= 4 is 15.7 Å². The van der Waals surface area contributed by atoms with Gasteiger partial charge in [0.2, 0.25) is 10.0 Å². The zero-order valence-electron chi connectivity index (χ0n) is 12.5. The number of hydrogen-bond donors (Lipinski definition) is 1. The number of piperazine rings is 1. The standard InChI is InChI=1S/C15H23N3O2S/c1-16-14-4-2-3-5-15(14)21(19,20)18-10-8-17(9-11-18)12-13-6-7-13/h2-5,13,16H,6-12H2,1H3. The lowest BCUT2D eigenvalue weighted by Crippen LogP contribution is -2.49. The minimum Gasteiger partial charge on any atom is -0.387 e. The van der Waals surface area contributed by atoms with Crippen molar-refractivity contribution in [3.05, 3.63) is 24.3 Å². The van der Waals surface area contributed by atoms with Crippen LogP contribution in [0.2, 0.25) is 0 Å². The molecule has 5 nitrogen and oxygen atoms in total. The lowest BCUT2D eigenvalue weighted by Gasteiger charge is -2.34. The molecule has 116 valence electrons. The highest BCUT2D eigenvalue weighted by Crippen LogP contribution is 2.30. The van der Waals surface area contributed by atoms with Crippen LogP contribution in [0.15, 0.2) is 29.2 Å². The van der Waals surface area contributed by atoms with Crippen molar-refractivity contribution in [3.8, 4) is 0 Å². The van der Waals surface area contributed by atoms with E-state index in [1.54, 1.807) is 29.6 Å². The van der Waals surface area contributed by atoms with Gasteiger partial charge in [0.05, 0.1) is 5.69 Å². The van der Waals surface area contributed by atoms with E-state index in [9.17, 15) is 8.42 Å². The summed E-state index contributed by atoms with van der Waals surface area (Å²) in [6, 6.07) is 7.10. The van der Waals surface area contributed by atoms with E-state index in [0.717, 1.165) is 25.6 Å². The average molecular weight is 309 g/mol. The fourth-order valence-electron chi connectivity index (χ4n) is 2.86. The van der Waals surface area contributed by atoms with Gasteiger partial charge in [0.15, 0.2) is 0 Å². The molecule has 0 amide bonds. The van der Waals surface area contributed by atoms with Gasteiger partial charge in [-0.2, -0.15) is 4.31 Å². The van der Waals surface area contributed by atoms with Crippen LogP contribution in [0.1, 0.15) is 12.8 Å². The maximum absolute atomic E-state index is 12.8. The summed E-state index contributed by atoms with van der Waals surface area (Å²) in [5, 5.41) is 2.97. The van der Waals surface area contributed by atoms with E-state index >= 15 is 0 Å². The fourth-order valence-corrected chi connectivity index (χ4v) is 4.48. The molecule has 3 rings (SSSR count). The summed E-state index contributed by atoms with van der Waals surface area (Å²) in [7, 11) is -1.64. The molecular formula is C15H23N3O2S. The number of anilines is 1. The van der Waals surface area contributed by atoms with Gasteiger partial charge in [0.25, 0.3) is 0 Å². The normalized spacial score (nSPS) is 21.4. The molecule has 0 bridgehead atoms. The summed E-state index contributed by atoms with van der Waals surface area (Å²) < 4.78 is 27.2. The lowest BCUT2D eigenvalue weighted by atomic mass is 10.3. The number of hydrogen-bond acceptors (Lipinski definition) is 4. The van der Waals surface area contributed by atoms with E-state index in [1.165, 1.54) is 12.8 Å². The third kappa shape index (κ3) is 3.22. The SMILES string of the molecule is CNc1ccccc1S(=O)(=O)N1CCN(CC2CC2)CC1. The van der Waals surface area contributed by atoms with Gasteiger partial charge < -0.3 is 10.2 Å². The Labute approximate surface area is 127 Å². The van der Waals surface area contributed by atoms with Gasteiger partial charge in [0, 0.05) is 39.8 Å². The summed E-state index contributed by atoms with van der Waals surface area (Å²) in [6.07, 6.45) is 2.68. The topological polar surface area (TPSA) is 52.7 Å². The quantitative estimate of drug-likeness (QED) is 0.894. The summed E-state index contributed by atoms with van der Waals surface area (Å²) in [4.78, 5) is 2.77. The maximum Gasteiger partial charge on any atom is 0.245 e. The summed E-state index contributed by atoms with van der Waals surface area (Å²) >= 11 is 0. The molecule has 2 fully saturated rings. The third-order valence-electron chi connectivity index (χ3n) is 4.32. The minimum atomic E-state index is -3.40. The first kappa shape index (κ1) is 14.8. The molecule has 1 heterocycles. The first-order valence-corrected chi connectivity index (χ1v) is 9.04. The van der Waals surface area contributed by atoms with Crippen molar-refractivity contribution in [2.24, 2.45) is 5.92 Å². The minimum absolute atomic E-state index is 0.378. The van der Waals surface area contributed by atoms with Crippen molar-refractivity contribution in [2.45, 2.75) is 17.7 Å². The molecule has 0 spiro atoms. The molecule has 1 aliphatic carbocycles. The second-order valence-corrected chi connectivity index (χ2v) is 7.80. The Kier molecular flexibility index (Phi) is 4.19. The molecule has 0 aromatic heterocycles. The number of nitrogens with zero attached hydrogens (tertiary/aromatic N) is 2. The van der Waals surface area contributed by atoms with Crippen molar-refractivity contribution in [1.29, 1.82) is 0 Å². The maximum atomic E-state index is 12.8. The van der Waals surface area contributed by atoms with E-state index in [-0.39, 0.29) is 0 Å². The van der Waals surface area contributed by atoms with Crippen LogP contribution >= 0.6 is 0 Å². The Balaban J connectivity index is 1.70. The molecular weight excluding hydrogens is 286 g/mol. The Morgan fingerprint density at radius 3 is 2.43 bits per heavy atom. The largest absolute Gasteiger partial charge is 0.387 e. The van der Waals surface area contributed by atoms with E-state index in [1.807, 2.05) is 6.07 Å². The Hall–Kier alpha value is -1.11. The molecule has 1 saturated carbocycles. The second-order valence-electron chi connectivity index (χ2n) is 5.89. The predicted octanol–water partition coefficient (Wildman–Crippen LogP) is 1.44. The average Bonchev–Trinajstić information content (AvgIpc) is 3.32. The van der Waals surface area contributed by atoms with E-state index in [2.05, 4.69) is 10.2 Å². The van der Waals surface area contributed by atoms with Gasteiger partial charge in [-0.15, -0.1) is 0 Å². The Bertz CT molecular complexity index is 591. The van der Waals surface area contributed by atoms with Crippen LogP contribution < -0.4 is 5.32 Å². The van der Waals surface area contributed by atoms with Crippen LogP contribution in [0.5, 0.6) is 0 Å². The zero-order chi connectivity index (χ0) is 14.9. The molecule has 0 radical (unpaired) electrons. The molecule has 1 N–H and O–H groups in total. The van der Waals surface area contributed by atoms with Gasteiger partial charge in [-0.25, -0.2) is 8.42 Å². The first-order chi connectivity index (χ1) is 10.1. The smallest absolute Gasteiger partial charge is 0.245 e. The Morgan fingerprint density at radius 1 is 1.14 bits per heavy atom. The van der Waals surface area contributed by atoms with Crippen LogP contribution in [-0.4, -0.2) is 57.4 Å². The summed E-state index contributed by atoms with van der Waals surface area (Å²) in [6.45, 7) is 4.01. The number of sulfonamides is 1. The van der Waals surface area contributed by atoms with Crippen LogP contribution in [0.4, 0.5) is 5.69 Å². The summed E-state index contributed by atoms with van der Waals surface area (Å²) in [5.41, 5.74) is 0.665. The molecule has 21 heavy (non-hydrogen) atoms. The highest BCUT2D eigenvalue weighted by molar-refractivity contribution is 7.89. The molecule has 2 aliphatic rings. The van der Waals surface area contributed by atoms with Gasteiger partial charge in [0.1, 0.15) is 4.90 Å². The number of benzene rings is 1. The highest BCUT2D eigenvalue weighted by atomic mass is 32.2. The molecule has 1 aromatic rings. The Morgan fingerprint density at radius 2 is 1.81 bits per heavy atom. The van der Waals surface area contributed by atoms with E-state index in [0.29, 0.717) is 23.7 Å². The van der Waals surface area contributed by atoms with Crippen molar-refractivity contribution in [3.63, 3.8) is 0 Å². The number of rotatable bonds is 5. The molecule has 0 unspecified atom stereocenters. The van der Waals surface area contributed by atoms with Gasteiger partial charge in [-0.05, 0) is 30.9 Å². The van der Waals surface area contributed by atoms with Gasteiger partial charge >= 0.3 is 0 Å². The lowest BCUT2D eigenvalue weighted by molar-refractivity contribution is 0.182. The van der Waals surface area contributed by atoms with Crippen molar-refractivity contribution < 1.29 is 8.42 Å². The van der Waals surface area contributed by atoms with Crippen LogP contribution in [0, 0.1) is 5.92 Å². The predicted molar refractivity (Wildman–Crippen MR) is 83.9 cm³/mol. The zero-order valence-corrected chi connectivity index (χ0v) is 13.3. The van der Waals surface area contributed by atoms with Crippen LogP contribution in [0.3, 0.4) is 0 Å². The first-order valence-electron chi connectivity index (χ1n) is 7.60. The van der Waals surface area contributed by atoms with Crippen molar-refractivity contribution in [2.75, 3.05) is 45.1 Å². The van der Waals surface area contributed by atoms with Crippen LogP contribution in [-0.2, 0) is 10.0 Å². The van der Waals surface area contributed by atoms with Gasteiger partial charge in [-0.1, -0.05) is 12.1 Å². The molecule has 1 aromatic carbocycles. The fraction of sp³-hybridized carbons (Fsp3) is 0.600. The van der Waals surface area contributed by atoms with Crippen molar-refractivity contribution in [1.82, 2.24) is 9.21 Å². The molecule has 6 heteroatoms.